The average Bonchev–Trinajstić information content (AvgIpc) is 2.40. The van der Waals surface area contributed by atoms with Crippen molar-refractivity contribution in [2.45, 2.75) is 46.0 Å². The van der Waals surface area contributed by atoms with E-state index in [9.17, 15) is 4.79 Å². The Morgan fingerprint density at radius 3 is 2.93 bits per heavy atom. The number of hydrogen-bond donors (Lipinski definition) is 0. The van der Waals surface area contributed by atoms with Crippen molar-refractivity contribution >= 4 is 11.6 Å². The van der Waals surface area contributed by atoms with Gasteiger partial charge in [-0.2, -0.15) is 5.10 Å². The van der Waals surface area contributed by atoms with Crippen molar-refractivity contribution in [1.29, 1.82) is 0 Å². The van der Waals surface area contributed by atoms with E-state index in [-0.39, 0.29) is 11.8 Å². The van der Waals surface area contributed by atoms with Gasteiger partial charge in [-0.1, -0.05) is 26.7 Å². The zero-order valence-electron chi connectivity index (χ0n) is 9.70. The molecule has 1 saturated carbocycles. The molecule has 0 N–H and O–H groups in total. The lowest BCUT2D eigenvalue weighted by Crippen LogP contribution is -2.30. The standard InChI is InChI=1S/C12H20N2O/c1-9(2)8-14-12(15)10-6-4-3-5-7-11(10)13-14/h9-10H,3-8H2,1-2H3. The van der Waals surface area contributed by atoms with Crippen molar-refractivity contribution in [3.63, 3.8) is 0 Å². The van der Waals surface area contributed by atoms with E-state index in [0.717, 1.165) is 25.1 Å². The normalized spacial score (nSPS) is 26.6. The first-order chi connectivity index (χ1) is 7.18. The van der Waals surface area contributed by atoms with Crippen molar-refractivity contribution in [2.24, 2.45) is 16.9 Å². The van der Waals surface area contributed by atoms with Gasteiger partial charge in [-0.3, -0.25) is 4.79 Å². The lowest BCUT2D eigenvalue weighted by atomic mass is 9.98. The number of hydrazone groups is 1. The Kier molecular flexibility index (Phi) is 3.08. The Bertz CT molecular complexity index is 283. The van der Waals surface area contributed by atoms with E-state index >= 15 is 0 Å². The summed E-state index contributed by atoms with van der Waals surface area (Å²) in [4.78, 5) is 12.0. The molecule has 1 aliphatic carbocycles. The second-order valence-electron chi connectivity index (χ2n) is 5.06. The van der Waals surface area contributed by atoms with Crippen molar-refractivity contribution in [3.8, 4) is 0 Å². The summed E-state index contributed by atoms with van der Waals surface area (Å²) in [5, 5.41) is 6.20. The van der Waals surface area contributed by atoms with E-state index in [1.54, 1.807) is 5.01 Å². The number of rotatable bonds is 2. The summed E-state index contributed by atoms with van der Waals surface area (Å²) in [5.41, 5.74) is 1.15. The molecule has 0 saturated heterocycles. The third kappa shape index (κ3) is 2.21. The summed E-state index contributed by atoms with van der Waals surface area (Å²) in [6.45, 7) is 5.03. The maximum absolute atomic E-state index is 12.0. The summed E-state index contributed by atoms with van der Waals surface area (Å²) in [6, 6.07) is 0. The number of fused-ring (bicyclic) bond motifs is 1. The van der Waals surface area contributed by atoms with Crippen LogP contribution in [0, 0.1) is 11.8 Å². The second-order valence-corrected chi connectivity index (χ2v) is 5.06. The Labute approximate surface area is 91.5 Å². The van der Waals surface area contributed by atoms with Gasteiger partial charge in [-0.15, -0.1) is 0 Å². The molecule has 2 aliphatic rings. The third-order valence-corrected chi connectivity index (χ3v) is 3.17. The van der Waals surface area contributed by atoms with Crippen LogP contribution in [0.4, 0.5) is 0 Å². The highest BCUT2D eigenvalue weighted by molar-refractivity contribution is 6.08. The van der Waals surface area contributed by atoms with Crippen LogP contribution < -0.4 is 0 Å². The van der Waals surface area contributed by atoms with Gasteiger partial charge in [-0.25, -0.2) is 5.01 Å². The number of nitrogens with zero attached hydrogens (tertiary/aromatic N) is 2. The van der Waals surface area contributed by atoms with Crippen LogP contribution in [0.25, 0.3) is 0 Å². The molecule has 1 fully saturated rings. The van der Waals surface area contributed by atoms with Crippen LogP contribution >= 0.6 is 0 Å². The predicted octanol–water partition coefficient (Wildman–Crippen LogP) is 2.42. The van der Waals surface area contributed by atoms with E-state index in [1.165, 1.54) is 19.3 Å². The number of carbonyl (C=O) groups is 1. The SMILES string of the molecule is CC(C)CN1N=C2CCCCCC2C1=O. The molecule has 1 amide bonds. The quantitative estimate of drug-likeness (QED) is 0.686. The Hall–Kier alpha value is -0.860. The molecule has 0 spiro atoms. The molecule has 0 aromatic rings. The molecule has 0 radical (unpaired) electrons. The predicted molar refractivity (Wildman–Crippen MR) is 60.6 cm³/mol. The van der Waals surface area contributed by atoms with Gasteiger partial charge in [0, 0.05) is 6.54 Å². The monoisotopic (exact) mass is 208 g/mol. The van der Waals surface area contributed by atoms with Gasteiger partial charge >= 0.3 is 0 Å². The highest BCUT2D eigenvalue weighted by atomic mass is 16.2. The third-order valence-electron chi connectivity index (χ3n) is 3.17. The van der Waals surface area contributed by atoms with Crippen LogP contribution in [0.15, 0.2) is 5.10 Å². The zero-order valence-corrected chi connectivity index (χ0v) is 9.70. The van der Waals surface area contributed by atoms with E-state index in [4.69, 9.17) is 0 Å². The van der Waals surface area contributed by atoms with E-state index in [1.807, 2.05) is 0 Å². The topological polar surface area (TPSA) is 32.7 Å². The second kappa shape index (κ2) is 4.33. The van der Waals surface area contributed by atoms with Crippen LogP contribution in [-0.4, -0.2) is 23.2 Å². The molecule has 1 unspecified atom stereocenters. The average molecular weight is 208 g/mol. The molecule has 3 nitrogen and oxygen atoms in total. The maximum atomic E-state index is 12.0. The minimum absolute atomic E-state index is 0.131. The summed E-state index contributed by atoms with van der Waals surface area (Å²) >= 11 is 0. The fraction of sp³-hybridized carbons (Fsp3) is 0.833. The molecular weight excluding hydrogens is 188 g/mol. The fourth-order valence-electron chi connectivity index (χ4n) is 2.42. The van der Waals surface area contributed by atoms with Gasteiger partial charge < -0.3 is 0 Å². The molecule has 3 heteroatoms. The van der Waals surface area contributed by atoms with Crippen molar-refractivity contribution in [3.05, 3.63) is 0 Å². The van der Waals surface area contributed by atoms with Crippen molar-refractivity contribution in [1.82, 2.24) is 5.01 Å². The molecule has 84 valence electrons. The largest absolute Gasteiger partial charge is 0.272 e. The highest BCUT2D eigenvalue weighted by Gasteiger charge is 2.35. The Balaban J connectivity index is 2.09. The van der Waals surface area contributed by atoms with E-state index < -0.39 is 0 Å². The maximum Gasteiger partial charge on any atom is 0.251 e. The first-order valence-electron chi connectivity index (χ1n) is 6.07. The first kappa shape index (κ1) is 10.7. The molecule has 15 heavy (non-hydrogen) atoms. The van der Waals surface area contributed by atoms with Crippen LogP contribution in [0.1, 0.15) is 46.0 Å². The van der Waals surface area contributed by atoms with Gasteiger partial charge in [0.1, 0.15) is 0 Å². The van der Waals surface area contributed by atoms with Gasteiger partial charge in [0.25, 0.3) is 5.91 Å². The first-order valence-corrected chi connectivity index (χ1v) is 6.07. The minimum Gasteiger partial charge on any atom is -0.272 e. The summed E-state index contributed by atoms with van der Waals surface area (Å²) in [5.74, 6) is 0.882. The lowest BCUT2D eigenvalue weighted by Gasteiger charge is -2.15. The summed E-state index contributed by atoms with van der Waals surface area (Å²) in [7, 11) is 0. The molecule has 1 heterocycles. The highest BCUT2D eigenvalue weighted by Crippen LogP contribution is 2.28. The Morgan fingerprint density at radius 1 is 1.40 bits per heavy atom. The van der Waals surface area contributed by atoms with E-state index in [2.05, 4.69) is 18.9 Å². The summed E-state index contributed by atoms with van der Waals surface area (Å²) in [6.07, 6.45) is 5.70. The molecule has 0 aromatic heterocycles. The number of carbonyl (C=O) groups excluding carboxylic acids is 1. The van der Waals surface area contributed by atoms with Gasteiger partial charge in [0.2, 0.25) is 0 Å². The molecular formula is C12H20N2O. The van der Waals surface area contributed by atoms with Gasteiger partial charge in [0.15, 0.2) is 0 Å². The fourth-order valence-corrected chi connectivity index (χ4v) is 2.42. The number of hydrogen-bond acceptors (Lipinski definition) is 2. The lowest BCUT2D eigenvalue weighted by molar-refractivity contribution is -0.132. The minimum atomic E-state index is 0.131. The summed E-state index contributed by atoms with van der Waals surface area (Å²) < 4.78 is 0. The molecule has 0 bridgehead atoms. The number of amides is 1. The van der Waals surface area contributed by atoms with Crippen LogP contribution in [0.3, 0.4) is 0 Å². The van der Waals surface area contributed by atoms with Crippen LogP contribution in [-0.2, 0) is 4.79 Å². The van der Waals surface area contributed by atoms with Crippen molar-refractivity contribution < 1.29 is 4.79 Å². The molecule has 1 atom stereocenters. The molecule has 2 rings (SSSR count). The van der Waals surface area contributed by atoms with Crippen LogP contribution in [0.5, 0.6) is 0 Å². The van der Waals surface area contributed by atoms with Gasteiger partial charge in [0.05, 0.1) is 11.6 Å². The molecule has 0 aromatic carbocycles. The molecule has 1 aliphatic heterocycles. The van der Waals surface area contributed by atoms with Crippen molar-refractivity contribution in [2.75, 3.05) is 6.54 Å². The van der Waals surface area contributed by atoms with Crippen LogP contribution in [0.2, 0.25) is 0 Å². The Morgan fingerprint density at radius 2 is 2.20 bits per heavy atom. The zero-order chi connectivity index (χ0) is 10.8. The smallest absolute Gasteiger partial charge is 0.251 e. The van der Waals surface area contributed by atoms with Gasteiger partial charge in [-0.05, 0) is 25.2 Å². The van der Waals surface area contributed by atoms with E-state index in [0.29, 0.717) is 5.92 Å².